The van der Waals surface area contributed by atoms with E-state index in [9.17, 15) is 33.6 Å². The molecule has 7 amide bonds. The average Bonchev–Trinajstić information content (AvgIpc) is 3.37. The normalized spacial score (nSPS) is 12.5. The molecule has 0 aromatic heterocycles. The van der Waals surface area contributed by atoms with Gasteiger partial charge in [0.1, 0.15) is 35.4 Å². The minimum atomic E-state index is -1.11. The number of hydrogen-bond donors (Lipinski definition) is 12. The van der Waals surface area contributed by atoms with E-state index in [1.807, 2.05) is 0 Å². The molecule has 3 aromatic carbocycles. The van der Waals surface area contributed by atoms with E-state index in [4.69, 9.17) is 42.9 Å². The number of nitrogens with one attached hydrogen (secondary N) is 7. The second kappa shape index (κ2) is 31.4. The Morgan fingerprint density at radius 3 is 1.03 bits per heavy atom. The summed E-state index contributed by atoms with van der Waals surface area (Å²) >= 11 is 0. The smallest absolute Gasteiger partial charge is 0.255 e. The molecule has 0 bridgehead atoms. The second-order valence-electron chi connectivity index (χ2n) is 16.6. The lowest BCUT2D eigenvalue weighted by atomic mass is 10.1. The van der Waals surface area contributed by atoms with Crippen molar-refractivity contribution in [3.63, 3.8) is 0 Å². The van der Waals surface area contributed by atoms with E-state index in [2.05, 4.69) is 37.2 Å². The van der Waals surface area contributed by atoms with Crippen LogP contribution in [0, 0.1) is 0 Å². The van der Waals surface area contributed by atoms with Crippen LogP contribution in [0.1, 0.15) is 108 Å². The highest BCUT2D eigenvalue weighted by Gasteiger charge is 2.28. The van der Waals surface area contributed by atoms with E-state index in [-0.39, 0.29) is 64.1 Å². The summed E-state index contributed by atoms with van der Waals surface area (Å²) in [6.45, 7) is 1.61. The van der Waals surface area contributed by atoms with Gasteiger partial charge in [0, 0.05) is 24.1 Å². The molecular formula is C49H74N12O10. The van der Waals surface area contributed by atoms with E-state index >= 15 is 0 Å². The molecule has 0 aliphatic carbocycles. The first-order valence-corrected chi connectivity index (χ1v) is 23.9. The predicted molar refractivity (Wildman–Crippen MR) is 272 cm³/mol. The Balaban J connectivity index is 1.86. The molecule has 3 aromatic rings. The van der Waals surface area contributed by atoms with Crippen molar-refractivity contribution < 1.29 is 47.8 Å². The van der Waals surface area contributed by atoms with Gasteiger partial charge in [0.15, 0.2) is 0 Å². The van der Waals surface area contributed by atoms with Crippen LogP contribution in [-0.2, 0) is 19.2 Å². The summed E-state index contributed by atoms with van der Waals surface area (Å²) in [5, 5.41) is 19.2. The van der Waals surface area contributed by atoms with E-state index in [1.54, 1.807) is 6.07 Å². The minimum absolute atomic E-state index is 0.0196. The zero-order valence-electron chi connectivity index (χ0n) is 41.3. The number of benzene rings is 3. The van der Waals surface area contributed by atoms with Crippen molar-refractivity contribution in [1.82, 2.24) is 21.3 Å². The highest BCUT2D eigenvalue weighted by Crippen LogP contribution is 2.27. The van der Waals surface area contributed by atoms with Crippen molar-refractivity contribution in [2.24, 2.45) is 28.7 Å². The lowest BCUT2D eigenvalue weighted by Gasteiger charge is -2.21. The van der Waals surface area contributed by atoms with Crippen molar-refractivity contribution in [3.05, 3.63) is 71.3 Å². The third kappa shape index (κ3) is 18.8. The van der Waals surface area contributed by atoms with Gasteiger partial charge in [-0.05, 0) is 151 Å². The molecule has 4 atom stereocenters. The minimum Gasteiger partial charge on any atom is -0.496 e. The lowest BCUT2D eigenvalue weighted by Crippen LogP contribution is -2.45. The largest absolute Gasteiger partial charge is 0.496 e. The summed E-state index contributed by atoms with van der Waals surface area (Å²) in [5.74, 6) is -3.51. The number of anilines is 3. The van der Waals surface area contributed by atoms with Crippen LogP contribution in [0.25, 0.3) is 0 Å². The molecule has 0 saturated carbocycles. The molecule has 0 aliphatic heterocycles. The summed E-state index contributed by atoms with van der Waals surface area (Å²) in [6, 6.07) is 9.47. The van der Waals surface area contributed by atoms with Crippen LogP contribution in [0.4, 0.5) is 17.1 Å². The maximum atomic E-state index is 14.1. The van der Waals surface area contributed by atoms with Crippen LogP contribution in [0.2, 0.25) is 0 Å². The van der Waals surface area contributed by atoms with E-state index in [0.29, 0.717) is 89.7 Å². The summed E-state index contributed by atoms with van der Waals surface area (Å²) in [5.41, 5.74) is 29.5. The molecule has 3 rings (SSSR count). The van der Waals surface area contributed by atoms with Gasteiger partial charge in [0.05, 0.1) is 44.1 Å². The van der Waals surface area contributed by atoms with E-state index in [0.717, 1.165) is 6.42 Å². The summed E-state index contributed by atoms with van der Waals surface area (Å²) in [7, 11) is 5.60. The van der Waals surface area contributed by atoms with Crippen LogP contribution in [0.3, 0.4) is 0 Å². The number of methoxy groups -OCH3 is 3. The Labute approximate surface area is 415 Å². The molecular weight excluding hydrogens is 917 g/mol. The van der Waals surface area contributed by atoms with Crippen LogP contribution >= 0.6 is 0 Å². The SMILES string of the molecule is CNC(=O)[C@H](CCCCN)NC(=O)c1cc(NC(=O)[C@H](CCCCN)NC(=O)c2cc(NC(=O)[C@H](CCCCN)NC(=O)c3cc(NC(=O)[C@@H](N)CCCCN)ccc3OC)ccc2OC)ccc1OC. The van der Waals surface area contributed by atoms with Crippen LogP contribution < -0.4 is 80.1 Å². The number of rotatable bonds is 32. The Morgan fingerprint density at radius 2 is 0.732 bits per heavy atom. The Morgan fingerprint density at radius 1 is 0.437 bits per heavy atom. The third-order valence-electron chi connectivity index (χ3n) is 11.4. The summed E-state index contributed by atoms with van der Waals surface area (Å²) in [6.07, 6.45) is 5.88. The number of hydrogen-bond acceptors (Lipinski definition) is 15. The zero-order valence-corrected chi connectivity index (χ0v) is 41.3. The van der Waals surface area contributed by atoms with Crippen LogP contribution in [0.5, 0.6) is 17.2 Å². The monoisotopic (exact) mass is 991 g/mol. The molecule has 0 aliphatic rings. The highest BCUT2D eigenvalue weighted by molar-refractivity contribution is 6.06. The quantitative estimate of drug-likeness (QED) is 0.0397. The average molecular weight is 991 g/mol. The Hall–Kier alpha value is -6.85. The number of carbonyl (C=O) groups excluding carboxylic acids is 7. The maximum Gasteiger partial charge on any atom is 0.255 e. The molecule has 0 unspecified atom stereocenters. The van der Waals surface area contributed by atoms with E-state index < -0.39 is 59.6 Å². The molecule has 22 nitrogen and oxygen atoms in total. The molecule has 71 heavy (non-hydrogen) atoms. The summed E-state index contributed by atoms with van der Waals surface area (Å²) in [4.78, 5) is 94.9. The van der Waals surface area contributed by atoms with Crippen LogP contribution in [0.15, 0.2) is 54.6 Å². The number of nitrogens with two attached hydrogens (primary N) is 5. The molecule has 17 N–H and O–H groups in total. The number of likely N-dealkylation sites (N-methyl/N-ethyl adjacent to an activating group) is 1. The van der Waals surface area contributed by atoms with Gasteiger partial charge in [0.25, 0.3) is 17.7 Å². The van der Waals surface area contributed by atoms with Crippen molar-refractivity contribution in [2.45, 2.75) is 101 Å². The van der Waals surface area contributed by atoms with Crippen molar-refractivity contribution in [1.29, 1.82) is 0 Å². The van der Waals surface area contributed by atoms with Gasteiger partial charge < -0.3 is 80.1 Å². The molecule has 0 saturated heterocycles. The first-order valence-electron chi connectivity index (χ1n) is 23.9. The first kappa shape index (κ1) is 58.5. The fourth-order valence-electron chi connectivity index (χ4n) is 7.39. The van der Waals surface area contributed by atoms with Gasteiger partial charge in [-0.1, -0.05) is 6.42 Å². The number of carbonyl (C=O) groups is 7. The van der Waals surface area contributed by atoms with Gasteiger partial charge >= 0.3 is 0 Å². The van der Waals surface area contributed by atoms with Crippen molar-refractivity contribution >= 4 is 58.4 Å². The fraction of sp³-hybridized carbons (Fsp3) is 0.490. The Kier molecular flexibility index (Phi) is 25.8. The standard InChI is InChI=1S/C49H74N12O10/c1-55-47(66)37(14-6-10-24-51)59-43(62)34-28-31(18-21-41(34)70-3)57-49(68)39(16-8-12-26-53)61-45(64)35-29-32(19-22-42(35)71-4)58-48(67)38(15-7-11-25-52)60-44(63)33-27-30(17-20-40(33)69-2)56-46(65)36(54)13-5-9-23-50/h17-22,27-29,36-39H,5-16,23-26,50-54H2,1-4H3,(H,55,66)(H,56,65)(H,57,68)(H,58,67)(H,59,62)(H,60,63)(H,61,64)/t36-,37-,38-,39-/m0/s1. The van der Waals surface area contributed by atoms with Gasteiger partial charge in [-0.15, -0.1) is 0 Å². The first-order chi connectivity index (χ1) is 34.2. The van der Waals surface area contributed by atoms with Crippen LogP contribution in [-0.4, -0.2) is 120 Å². The molecule has 0 heterocycles. The highest BCUT2D eigenvalue weighted by atomic mass is 16.5. The maximum absolute atomic E-state index is 14.1. The van der Waals surface area contributed by atoms with Gasteiger partial charge in [-0.2, -0.15) is 0 Å². The fourth-order valence-corrected chi connectivity index (χ4v) is 7.39. The number of unbranched alkanes of at least 4 members (excludes halogenated alkanes) is 4. The molecule has 22 heteroatoms. The van der Waals surface area contributed by atoms with Gasteiger partial charge in [-0.3, -0.25) is 33.6 Å². The summed E-state index contributed by atoms with van der Waals surface area (Å²) < 4.78 is 16.4. The molecule has 390 valence electrons. The topological polar surface area (TPSA) is 361 Å². The number of ether oxygens (including phenoxy) is 3. The van der Waals surface area contributed by atoms with Gasteiger partial charge in [-0.25, -0.2) is 0 Å². The van der Waals surface area contributed by atoms with E-state index in [1.165, 1.54) is 76.9 Å². The molecule has 0 spiro atoms. The second-order valence-corrected chi connectivity index (χ2v) is 16.6. The molecule has 0 fully saturated rings. The zero-order chi connectivity index (χ0) is 52.3. The Bertz CT molecular complexity index is 2250. The predicted octanol–water partition coefficient (Wildman–Crippen LogP) is 1.81. The lowest BCUT2D eigenvalue weighted by molar-refractivity contribution is -0.122. The number of amides is 7. The van der Waals surface area contributed by atoms with Crippen molar-refractivity contribution in [2.75, 3.05) is 70.5 Å². The van der Waals surface area contributed by atoms with Gasteiger partial charge in [0.2, 0.25) is 23.6 Å². The third-order valence-corrected chi connectivity index (χ3v) is 11.4. The molecule has 0 radical (unpaired) electrons. The van der Waals surface area contributed by atoms with Crippen molar-refractivity contribution in [3.8, 4) is 17.2 Å².